The summed E-state index contributed by atoms with van der Waals surface area (Å²) in [7, 11) is 4.02. The highest BCUT2D eigenvalue weighted by Gasteiger charge is 2.21. The quantitative estimate of drug-likeness (QED) is 0.258. The number of nitrogens with one attached hydrogen (secondary N) is 1. The number of halogens is 1. The molecule has 1 heterocycles. The maximum absolute atomic E-state index is 5.71. The molecule has 2 rings (SSSR count). The van der Waals surface area contributed by atoms with Crippen LogP contribution in [0.5, 0.6) is 0 Å². The molecule has 0 aliphatic heterocycles. The van der Waals surface area contributed by atoms with Crippen molar-refractivity contribution in [2.75, 3.05) is 39.9 Å². The summed E-state index contributed by atoms with van der Waals surface area (Å²) in [5.41, 5.74) is 1.27. The van der Waals surface area contributed by atoms with Crippen molar-refractivity contribution >= 4 is 29.9 Å². The molecule has 0 amide bonds. The third kappa shape index (κ3) is 8.32. The molecule has 0 spiro atoms. The molecule has 1 saturated carbocycles. The molecule has 1 aromatic rings. The van der Waals surface area contributed by atoms with Crippen LogP contribution in [-0.4, -0.2) is 60.5 Å². The summed E-state index contributed by atoms with van der Waals surface area (Å²) in [6.07, 6.45) is 8.74. The molecule has 0 atom stereocenters. The van der Waals surface area contributed by atoms with Crippen molar-refractivity contribution < 1.29 is 4.74 Å². The van der Waals surface area contributed by atoms with Gasteiger partial charge in [0, 0.05) is 46.5 Å². The van der Waals surface area contributed by atoms with E-state index < -0.39 is 0 Å². The molecule has 1 aliphatic rings. The molecule has 0 bridgehead atoms. The predicted molar refractivity (Wildman–Crippen MR) is 109 cm³/mol. The SMILES string of the molecule is CCNC(=NCCCc1cnn(C)c1)N(C)CCOCC1CC1.I. The van der Waals surface area contributed by atoms with Gasteiger partial charge in [0.15, 0.2) is 5.96 Å². The van der Waals surface area contributed by atoms with E-state index in [1.165, 1.54) is 18.4 Å². The Morgan fingerprint density at radius 1 is 1.50 bits per heavy atom. The van der Waals surface area contributed by atoms with Gasteiger partial charge in [-0.15, -0.1) is 24.0 Å². The van der Waals surface area contributed by atoms with E-state index in [4.69, 9.17) is 9.73 Å². The number of rotatable bonds is 10. The van der Waals surface area contributed by atoms with Crippen LogP contribution in [0.4, 0.5) is 0 Å². The lowest BCUT2D eigenvalue weighted by Gasteiger charge is -2.22. The van der Waals surface area contributed by atoms with Gasteiger partial charge < -0.3 is 15.0 Å². The first-order valence-electron chi connectivity index (χ1n) is 8.73. The largest absolute Gasteiger partial charge is 0.379 e. The third-order valence-corrected chi connectivity index (χ3v) is 3.96. The summed E-state index contributed by atoms with van der Waals surface area (Å²) in [4.78, 5) is 6.86. The van der Waals surface area contributed by atoms with Crippen molar-refractivity contribution in [3.8, 4) is 0 Å². The summed E-state index contributed by atoms with van der Waals surface area (Å²) >= 11 is 0. The number of guanidine groups is 1. The fourth-order valence-electron chi connectivity index (χ4n) is 2.38. The second-order valence-electron chi connectivity index (χ2n) is 6.30. The van der Waals surface area contributed by atoms with E-state index in [1.807, 2.05) is 17.9 Å². The van der Waals surface area contributed by atoms with Crippen molar-refractivity contribution in [3.05, 3.63) is 18.0 Å². The first-order chi connectivity index (χ1) is 11.2. The summed E-state index contributed by atoms with van der Waals surface area (Å²) in [5, 5.41) is 7.54. The second-order valence-corrected chi connectivity index (χ2v) is 6.30. The summed E-state index contributed by atoms with van der Waals surface area (Å²) in [6.45, 7) is 6.38. The lowest BCUT2D eigenvalue weighted by molar-refractivity contribution is 0.115. The highest BCUT2D eigenvalue weighted by Crippen LogP contribution is 2.28. The van der Waals surface area contributed by atoms with E-state index in [0.717, 1.165) is 57.6 Å². The number of aromatic nitrogens is 2. The van der Waals surface area contributed by atoms with E-state index in [1.54, 1.807) is 0 Å². The van der Waals surface area contributed by atoms with Crippen molar-refractivity contribution in [1.29, 1.82) is 0 Å². The lowest BCUT2D eigenvalue weighted by atomic mass is 10.2. The molecule has 24 heavy (non-hydrogen) atoms. The minimum absolute atomic E-state index is 0. The maximum atomic E-state index is 5.71. The van der Waals surface area contributed by atoms with Crippen molar-refractivity contribution in [2.45, 2.75) is 32.6 Å². The van der Waals surface area contributed by atoms with Crippen molar-refractivity contribution in [2.24, 2.45) is 18.0 Å². The Bertz CT molecular complexity index is 487. The highest BCUT2D eigenvalue weighted by molar-refractivity contribution is 14.0. The molecule has 0 radical (unpaired) electrons. The van der Waals surface area contributed by atoms with Crippen molar-refractivity contribution in [3.63, 3.8) is 0 Å². The summed E-state index contributed by atoms with van der Waals surface area (Å²) in [6, 6.07) is 0. The number of aliphatic imine (C=N–C) groups is 1. The average molecular weight is 449 g/mol. The number of nitrogens with zero attached hydrogens (tertiary/aromatic N) is 4. The van der Waals surface area contributed by atoms with Gasteiger partial charge in [0.2, 0.25) is 0 Å². The molecule has 6 nitrogen and oxygen atoms in total. The van der Waals surface area contributed by atoms with Gasteiger partial charge in [-0.1, -0.05) is 0 Å². The van der Waals surface area contributed by atoms with Crippen LogP contribution >= 0.6 is 24.0 Å². The standard InChI is InChI=1S/C17H31N5O.HI/c1-4-18-17(21(2)10-11-23-14-15-7-8-15)19-9-5-6-16-12-20-22(3)13-16;/h12-13,15H,4-11,14H2,1-3H3,(H,18,19);1H. The van der Waals surface area contributed by atoms with E-state index in [-0.39, 0.29) is 24.0 Å². The zero-order valence-electron chi connectivity index (χ0n) is 15.2. The van der Waals surface area contributed by atoms with Gasteiger partial charge in [-0.2, -0.15) is 5.10 Å². The van der Waals surface area contributed by atoms with Gasteiger partial charge >= 0.3 is 0 Å². The molecular weight excluding hydrogens is 417 g/mol. The van der Waals surface area contributed by atoms with Crippen molar-refractivity contribution in [1.82, 2.24) is 20.0 Å². The molecule has 0 saturated heterocycles. The Kier molecular flexibility index (Phi) is 10.3. The Balaban J connectivity index is 0.00000288. The maximum Gasteiger partial charge on any atom is 0.193 e. The molecular formula is C17H32IN5O. The zero-order chi connectivity index (χ0) is 16.5. The number of aryl methyl sites for hydroxylation is 2. The first kappa shape index (κ1) is 21.2. The van der Waals surface area contributed by atoms with Crippen LogP contribution < -0.4 is 5.32 Å². The highest BCUT2D eigenvalue weighted by atomic mass is 127. The molecule has 0 unspecified atom stereocenters. The van der Waals surface area contributed by atoms with Crippen LogP contribution in [0.3, 0.4) is 0 Å². The van der Waals surface area contributed by atoms with E-state index >= 15 is 0 Å². The second kappa shape index (κ2) is 11.7. The van der Waals surface area contributed by atoms with Crippen LogP contribution in [0.15, 0.2) is 17.4 Å². The van der Waals surface area contributed by atoms with E-state index in [2.05, 4.69) is 35.5 Å². The van der Waals surface area contributed by atoms with E-state index in [0.29, 0.717) is 0 Å². The lowest BCUT2D eigenvalue weighted by Crippen LogP contribution is -2.40. The molecule has 0 aromatic carbocycles. The molecule has 7 heteroatoms. The smallest absolute Gasteiger partial charge is 0.193 e. The number of hydrogen-bond acceptors (Lipinski definition) is 3. The predicted octanol–water partition coefficient (Wildman–Crippen LogP) is 2.29. The normalized spacial score (nSPS) is 14.4. The number of ether oxygens (including phenoxy) is 1. The van der Waals surface area contributed by atoms with Gasteiger partial charge in [0.1, 0.15) is 0 Å². The van der Waals surface area contributed by atoms with Crippen LogP contribution in [0.2, 0.25) is 0 Å². The van der Waals surface area contributed by atoms with Crippen LogP contribution in [0.25, 0.3) is 0 Å². The molecule has 138 valence electrons. The molecule has 1 aromatic heterocycles. The first-order valence-corrected chi connectivity index (χ1v) is 8.73. The topological polar surface area (TPSA) is 54.7 Å². The summed E-state index contributed by atoms with van der Waals surface area (Å²) < 4.78 is 7.55. The number of likely N-dealkylation sites (N-methyl/N-ethyl adjacent to an activating group) is 1. The Hall–Kier alpha value is -0.830. The van der Waals surface area contributed by atoms with Gasteiger partial charge in [0.25, 0.3) is 0 Å². The zero-order valence-corrected chi connectivity index (χ0v) is 17.5. The Morgan fingerprint density at radius 3 is 2.92 bits per heavy atom. The molecule has 1 aliphatic carbocycles. The molecule has 1 fully saturated rings. The number of hydrogen-bond donors (Lipinski definition) is 1. The molecule has 1 N–H and O–H groups in total. The third-order valence-electron chi connectivity index (χ3n) is 3.96. The summed E-state index contributed by atoms with van der Waals surface area (Å²) in [5.74, 6) is 1.79. The Labute approximate surface area is 163 Å². The van der Waals surface area contributed by atoms with Gasteiger partial charge in [-0.25, -0.2) is 0 Å². The van der Waals surface area contributed by atoms with Crippen LogP contribution in [0, 0.1) is 5.92 Å². The monoisotopic (exact) mass is 449 g/mol. The minimum atomic E-state index is 0. The fraction of sp³-hybridized carbons (Fsp3) is 0.765. The Morgan fingerprint density at radius 2 is 2.29 bits per heavy atom. The van der Waals surface area contributed by atoms with Crippen LogP contribution in [-0.2, 0) is 18.2 Å². The minimum Gasteiger partial charge on any atom is -0.379 e. The van der Waals surface area contributed by atoms with E-state index in [9.17, 15) is 0 Å². The van der Waals surface area contributed by atoms with Crippen LogP contribution in [0.1, 0.15) is 31.7 Å². The van der Waals surface area contributed by atoms with Gasteiger partial charge in [-0.3, -0.25) is 9.67 Å². The fourth-order valence-corrected chi connectivity index (χ4v) is 2.38. The van der Waals surface area contributed by atoms with Gasteiger partial charge in [-0.05, 0) is 44.1 Å². The van der Waals surface area contributed by atoms with Gasteiger partial charge in [0.05, 0.1) is 12.8 Å². The average Bonchev–Trinajstić information content (AvgIpc) is 3.27.